The van der Waals surface area contributed by atoms with Crippen LogP contribution in [0.15, 0.2) is 64.8 Å². The van der Waals surface area contributed by atoms with Gasteiger partial charge in [-0.05, 0) is 42.0 Å². The summed E-state index contributed by atoms with van der Waals surface area (Å²) in [6.45, 7) is 6.08. The van der Waals surface area contributed by atoms with Gasteiger partial charge in [-0.2, -0.15) is 0 Å². The van der Waals surface area contributed by atoms with E-state index in [2.05, 4.69) is 11.4 Å². The van der Waals surface area contributed by atoms with E-state index in [-0.39, 0.29) is 23.4 Å². The van der Waals surface area contributed by atoms with Crippen molar-refractivity contribution in [3.05, 3.63) is 81.1 Å². The van der Waals surface area contributed by atoms with Gasteiger partial charge in [0.1, 0.15) is 11.6 Å². The van der Waals surface area contributed by atoms with E-state index in [0.717, 1.165) is 16.1 Å². The number of ether oxygens (including phenoxy) is 1. The van der Waals surface area contributed by atoms with E-state index >= 15 is 0 Å². The maximum atomic E-state index is 13.6. The fraction of sp³-hybridized carbons (Fsp3) is 0.360. The predicted octanol–water partition coefficient (Wildman–Crippen LogP) is 5.30. The number of benzene rings is 1. The van der Waals surface area contributed by atoms with Crippen molar-refractivity contribution in [3.63, 3.8) is 0 Å². The Kier molecular flexibility index (Phi) is 6.10. The van der Waals surface area contributed by atoms with E-state index in [1.807, 2.05) is 38.3 Å². The summed E-state index contributed by atoms with van der Waals surface area (Å²) in [6.07, 6.45) is 2.48. The molecule has 1 aliphatic carbocycles. The Bertz CT molecular complexity index is 1040. The second-order valence-electron chi connectivity index (χ2n) is 8.58. The van der Waals surface area contributed by atoms with E-state index in [0.29, 0.717) is 24.3 Å². The second kappa shape index (κ2) is 8.79. The highest BCUT2D eigenvalue weighted by Crippen LogP contribution is 2.46. The SMILES string of the molecule is CC1=C(C(=O)OCC(C)C)C(c2ccc(F)cc2)C2C(=O)CC(c3cccs3)C=C2N1. The van der Waals surface area contributed by atoms with Crippen LogP contribution in [0.25, 0.3) is 0 Å². The molecule has 0 bridgehead atoms. The van der Waals surface area contributed by atoms with Crippen molar-refractivity contribution in [1.29, 1.82) is 0 Å². The highest BCUT2D eigenvalue weighted by atomic mass is 32.1. The smallest absolute Gasteiger partial charge is 0.336 e. The van der Waals surface area contributed by atoms with Gasteiger partial charge in [0.25, 0.3) is 0 Å². The van der Waals surface area contributed by atoms with Crippen LogP contribution in [-0.2, 0) is 14.3 Å². The van der Waals surface area contributed by atoms with Gasteiger partial charge >= 0.3 is 5.97 Å². The van der Waals surface area contributed by atoms with Gasteiger partial charge in [0, 0.05) is 34.5 Å². The van der Waals surface area contributed by atoms with Gasteiger partial charge in [-0.25, -0.2) is 9.18 Å². The molecule has 1 aromatic carbocycles. The summed E-state index contributed by atoms with van der Waals surface area (Å²) < 4.78 is 19.2. The van der Waals surface area contributed by atoms with Crippen molar-refractivity contribution in [3.8, 4) is 0 Å². The van der Waals surface area contributed by atoms with Crippen LogP contribution in [0.1, 0.15) is 49.5 Å². The van der Waals surface area contributed by atoms with Crippen molar-refractivity contribution in [2.24, 2.45) is 11.8 Å². The number of allylic oxidation sites excluding steroid dienone is 3. The number of carbonyl (C=O) groups is 2. The number of esters is 1. The van der Waals surface area contributed by atoms with E-state index in [1.165, 1.54) is 12.1 Å². The number of fused-ring (bicyclic) bond motifs is 1. The van der Waals surface area contributed by atoms with Gasteiger partial charge in [0.15, 0.2) is 0 Å². The monoisotopic (exact) mass is 439 g/mol. The quantitative estimate of drug-likeness (QED) is 0.642. The summed E-state index contributed by atoms with van der Waals surface area (Å²) in [5, 5.41) is 5.33. The molecular weight excluding hydrogens is 413 g/mol. The summed E-state index contributed by atoms with van der Waals surface area (Å²) in [4.78, 5) is 27.6. The number of hydrogen-bond acceptors (Lipinski definition) is 5. The van der Waals surface area contributed by atoms with Crippen molar-refractivity contribution < 1.29 is 18.7 Å². The Morgan fingerprint density at radius 3 is 2.61 bits per heavy atom. The molecule has 2 aromatic rings. The Morgan fingerprint density at radius 2 is 1.97 bits per heavy atom. The molecule has 1 N–H and O–H groups in total. The van der Waals surface area contributed by atoms with Crippen LogP contribution < -0.4 is 5.32 Å². The zero-order chi connectivity index (χ0) is 22.1. The first kappa shape index (κ1) is 21.5. The molecule has 1 aliphatic heterocycles. The minimum absolute atomic E-state index is 0.0161. The van der Waals surface area contributed by atoms with Crippen molar-refractivity contribution >= 4 is 23.1 Å². The van der Waals surface area contributed by atoms with Crippen LogP contribution in [0.3, 0.4) is 0 Å². The zero-order valence-corrected chi connectivity index (χ0v) is 18.7. The maximum absolute atomic E-state index is 13.6. The third-order valence-electron chi connectivity index (χ3n) is 5.77. The number of halogens is 1. The van der Waals surface area contributed by atoms with E-state index in [4.69, 9.17) is 4.74 Å². The zero-order valence-electron chi connectivity index (χ0n) is 17.9. The predicted molar refractivity (Wildman–Crippen MR) is 119 cm³/mol. The van der Waals surface area contributed by atoms with E-state index in [9.17, 15) is 14.0 Å². The first-order chi connectivity index (χ1) is 14.8. The molecule has 3 atom stereocenters. The number of nitrogens with one attached hydrogen (secondary N) is 1. The van der Waals surface area contributed by atoms with E-state index < -0.39 is 17.8 Å². The summed E-state index contributed by atoms with van der Waals surface area (Å²) >= 11 is 1.63. The van der Waals surface area contributed by atoms with Gasteiger partial charge in [-0.3, -0.25) is 4.79 Å². The Morgan fingerprint density at radius 1 is 1.23 bits per heavy atom. The molecule has 162 valence electrons. The fourth-order valence-electron chi connectivity index (χ4n) is 4.38. The number of ketones is 1. The number of carbonyl (C=O) groups excluding carboxylic acids is 2. The fourth-order valence-corrected chi connectivity index (χ4v) is 5.18. The van der Waals surface area contributed by atoms with Crippen molar-refractivity contribution in [2.75, 3.05) is 6.61 Å². The second-order valence-corrected chi connectivity index (χ2v) is 9.56. The van der Waals surface area contributed by atoms with Gasteiger partial charge < -0.3 is 10.1 Å². The lowest BCUT2D eigenvalue weighted by molar-refractivity contribution is -0.140. The van der Waals surface area contributed by atoms with Crippen LogP contribution in [-0.4, -0.2) is 18.4 Å². The molecule has 0 fully saturated rings. The summed E-state index contributed by atoms with van der Waals surface area (Å²) in [7, 11) is 0. The molecule has 0 spiro atoms. The highest BCUT2D eigenvalue weighted by Gasteiger charge is 2.45. The van der Waals surface area contributed by atoms with Crippen LogP contribution >= 0.6 is 11.3 Å². The van der Waals surface area contributed by atoms with Crippen molar-refractivity contribution in [2.45, 2.75) is 39.0 Å². The van der Waals surface area contributed by atoms with Gasteiger partial charge in [0.05, 0.1) is 18.1 Å². The average Bonchev–Trinajstić information content (AvgIpc) is 3.26. The van der Waals surface area contributed by atoms with Crippen LogP contribution in [0, 0.1) is 17.7 Å². The normalized spacial score (nSPS) is 23.3. The minimum atomic E-state index is -0.521. The van der Waals surface area contributed by atoms with Crippen LogP contribution in [0.4, 0.5) is 4.39 Å². The molecule has 0 saturated carbocycles. The third kappa shape index (κ3) is 4.35. The lowest BCUT2D eigenvalue weighted by Gasteiger charge is -2.39. The summed E-state index contributed by atoms with van der Waals surface area (Å²) in [5.74, 6) is -1.53. The molecule has 6 heteroatoms. The maximum Gasteiger partial charge on any atom is 0.336 e. The molecule has 4 rings (SSSR count). The molecular formula is C25H26FNO3S. The number of hydrogen-bond donors (Lipinski definition) is 1. The Balaban J connectivity index is 1.79. The molecule has 0 saturated heterocycles. The highest BCUT2D eigenvalue weighted by molar-refractivity contribution is 7.10. The van der Waals surface area contributed by atoms with Crippen LogP contribution in [0.2, 0.25) is 0 Å². The first-order valence-corrected chi connectivity index (χ1v) is 11.4. The van der Waals surface area contributed by atoms with Crippen LogP contribution in [0.5, 0.6) is 0 Å². The largest absolute Gasteiger partial charge is 0.462 e. The molecule has 4 nitrogen and oxygen atoms in total. The minimum Gasteiger partial charge on any atom is -0.462 e. The molecule has 2 aliphatic rings. The van der Waals surface area contributed by atoms with Gasteiger partial charge in [-0.1, -0.05) is 38.1 Å². The molecule has 31 heavy (non-hydrogen) atoms. The van der Waals surface area contributed by atoms with Gasteiger partial charge in [-0.15, -0.1) is 11.3 Å². The Labute approximate surface area is 185 Å². The molecule has 2 heterocycles. The number of Topliss-reactive ketones (excluding diaryl/α,β-unsaturated/α-hetero) is 1. The van der Waals surface area contributed by atoms with E-state index in [1.54, 1.807) is 23.5 Å². The van der Waals surface area contributed by atoms with Crippen molar-refractivity contribution in [1.82, 2.24) is 5.32 Å². The summed E-state index contributed by atoms with van der Waals surface area (Å²) in [5.41, 5.74) is 2.65. The Hall–Kier alpha value is -2.73. The molecule has 0 radical (unpaired) electrons. The first-order valence-electron chi connectivity index (χ1n) is 10.5. The topological polar surface area (TPSA) is 55.4 Å². The third-order valence-corrected chi connectivity index (χ3v) is 6.77. The average molecular weight is 440 g/mol. The number of thiophene rings is 1. The number of rotatable bonds is 5. The molecule has 3 unspecified atom stereocenters. The lowest BCUT2D eigenvalue weighted by atomic mass is 9.69. The standard InChI is InChI=1S/C25H26FNO3S/c1-14(2)13-30-25(29)22-15(3)27-19-11-17(21-5-4-10-31-21)12-20(28)24(19)23(22)16-6-8-18(26)9-7-16/h4-11,14,17,23-24,27H,12-13H2,1-3H3. The summed E-state index contributed by atoms with van der Waals surface area (Å²) in [6, 6.07) is 10.1. The molecule has 0 amide bonds. The van der Waals surface area contributed by atoms with Gasteiger partial charge in [0.2, 0.25) is 0 Å². The lowest BCUT2D eigenvalue weighted by Crippen LogP contribution is -2.42. The molecule has 1 aromatic heterocycles.